The first-order valence-electron chi connectivity index (χ1n) is 4.58. The van der Waals surface area contributed by atoms with Gasteiger partial charge in [0.15, 0.2) is 5.79 Å². The van der Waals surface area contributed by atoms with Crippen molar-refractivity contribution < 1.29 is 19.1 Å². The Morgan fingerprint density at radius 1 is 1.46 bits per heavy atom. The maximum Gasteiger partial charge on any atom is 0.189 e. The number of likely N-dealkylation sites (N-methyl/N-ethyl adjacent to an activating group) is 1. The van der Waals surface area contributed by atoms with Gasteiger partial charge in [-0.05, 0) is 6.92 Å². The Balaban J connectivity index is 2.42. The van der Waals surface area contributed by atoms with Crippen LogP contribution in [-0.2, 0) is 9.47 Å². The minimum atomic E-state index is -0.778. The predicted octanol–water partition coefficient (Wildman–Crippen LogP) is -0.184. The molecule has 1 N–H and O–H groups in total. The molecule has 1 aliphatic rings. The molecule has 0 aromatic heterocycles. The van der Waals surface area contributed by atoms with Gasteiger partial charge < -0.3 is 19.1 Å². The standard InChI is InChI=1S/C9H20NO3/c1-9(7-11)12-6-8(13-9)5-10(2,3)4/h8,11H,5-7H2,1-4H3/q+1/t8-,9+/m1/s1. The molecule has 0 aliphatic carbocycles. The first kappa shape index (κ1) is 10.9. The maximum absolute atomic E-state index is 8.99. The molecule has 1 saturated heterocycles. The lowest BCUT2D eigenvalue weighted by Crippen LogP contribution is -2.43. The summed E-state index contributed by atoms with van der Waals surface area (Å²) < 4.78 is 11.8. The third-order valence-corrected chi connectivity index (χ3v) is 2.03. The lowest BCUT2D eigenvalue weighted by Gasteiger charge is -2.27. The van der Waals surface area contributed by atoms with Crippen LogP contribution in [0.5, 0.6) is 0 Å². The number of hydrogen-bond acceptors (Lipinski definition) is 3. The Morgan fingerprint density at radius 2 is 2.08 bits per heavy atom. The number of ether oxygens (including phenoxy) is 2. The Hall–Kier alpha value is -0.160. The van der Waals surface area contributed by atoms with Crippen molar-refractivity contribution in [3.63, 3.8) is 0 Å². The molecule has 13 heavy (non-hydrogen) atoms. The van der Waals surface area contributed by atoms with Crippen LogP contribution in [0.4, 0.5) is 0 Å². The van der Waals surface area contributed by atoms with Gasteiger partial charge in [0, 0.05) is 0 Å². The molecule has 0 spiro atoms. The third-order valence-electron chi connectivity index (χ3n) is 2.03. The summed E-state index contributed by atoms with van der Waals surface area (Å²) in [5.74, 6) is -0.778. The van der Waals surface area contributed by atoms with Crippen molar-refractivity contribution >= 4 is 0 Å². The number of aliphatic hydroxyl groups is 1. The normalized spacial score (nSPS) is 35.3. The van der Waals surface area contributed by atoms with Crippen LogP contribution in [0.15, 0.2) is 0 Å². The van der Waals surface area contributed by atoms with Crippen molar-refractivity contribution in [1.82, 2.24) is 0 Å². The molecule has 0 aromatic carbocycles. The van der Waals surface area contributed by atoms with Gasteiger partial charge in [-0.25, -0.2) is 0 Å². The molecule has 4 nitrogen and oxygen atoms in total. The smallest absolute Gasteiger partial charge is 0.189 e. The monoisotopic (exact) mass is 190 g/mol. The van der Waals surface area contributed by atoms with E-state index < -0.39 is 5.79 Å². The Kier molecular flexibility index (Phi) is 2.97. The van der Waals surface area contributed by atoms with Crippen LogP contribution in [0.25, 0.3) is 0 Å². The highest BCUT2D eigenvalue weighted by Gasteiger charge is 2.38. The van der Waals surface area contributed by atoms with E-state index in [1.54, 1.807) is 6.92 Å². The summed E-state index contributed by atoms with van der Waals surface area (Å²) in [6, 6.07) is 0. The highest BCUT2D eigenvalue weighted by Crippen LogP contribution is 2.23. The van der Waals surface area contributed by atoms with Crippen molar-refractivity contribution in [3.05, 3.63) is 0 Å². The fourth-order valence-electron chi connectivity index (χ4n) is 1.47. The average molecular weight is 190 g/mol. The zero-order valence-corrected chi connectivity index (χ0v) is 8.91. The van der Waals surface area contributed by atoms with E-state index in [4.69, 9.17) is 14.6 Å². The number of aliphatic hydroxyl groups excluding tert-OH is 1. The molecule has 2 atom stereocenters. The van der Waals surface area contributed by atoms with E-state index in [0.717, 1.165) is 11.0 Å². The van der Waals surface area contributed by atoms with Gasteiger partial charge in [-0.2, -0.15) is 0 Å². The van der Waals surface area contributed by atoms with Crippen LogP contribution in [0.3, 0.4) is 0 Å². The molecule has 0 aromatic rings. The van der Waals surface area contributed by atoms with Crippen molar-refractivity contribution in [2.24, 2.45) is 0 Å². The van der Waals surface area contributed by atoms with Gasteiger partial charge in [0.2, 0.25) is 0 Å². The second kappa shape index (κ2) is 3.53. The zero-order valence-electron chi connectivity index (χ0n) is 8.91. The van der Waals surface area contributed by atoms with Gasteiger partial charge in [0.05, 0.1) is 34.4 Å². The Morgan fingerprint density at radius 3 is 2.46 bits per heavy atom. The summed E-state index contributed by atoms with van der Waals surface area (Å²) in [5, 5.41) is 8.99. The molecule has 1 fully saturated rings. The average Bonchev–Trinajstić information content (AvgIpc) is 2.30. The Bertz CT molecular complexity index is 178. The van der Waals surface area contributed by atoms with E-state index in [2.05, 4.69) is 21.1 Å². The van der Waals surface area contributed by atoms with E-state index in [9.17, 15) is 0 Å². The first-order valence-corrected chi connectivity index (χ1v) is 4.58. The molecule has 1 aliphatic heterocycles. The van der Waals surface area contributed by atoms with Crippen LogP contribution >= 0.6 is 0 Å². The van der Waals surface area contributed by atoms with Crippen LogP contribution in [0.2, 0.25) is 0 Å². The molecule has 0 unspecified atom stereocenters. The van der Waals surface area contributed by atoms with Gasteiger partial charge in [0.25, 0.3) is 0 Å². The molecule has 1 heterocycles. The summed E-state index contributed by atoms with van der Waals surface area (Å²) in [4.78, 5) is 0. The molecule has 78 valence electrons. The van der Waals surface area contributed by atoms with Crippen LogP contribution < -0.4 is 0 Å². The topological polar surface area (TPSA) is 38.7 Å². The molecule has 1 rings (SSSR count). The zero-order chi connectivity index (χ0) is 10.1. The first-order chi connectivity index (χ1) is 5.85. The minimum absolute atomic E-state index is 0.0827. The molecular formula is C9H20NO3+. The van der Waals surface area contributed by atoms with Gasteiger partial charge in [-0.3, -0.25) is 0 Å². The summed E-state index contributed by atoms with van der Waals surface area (Å²) in [7, 11) is 6.33. The largest absolute Gasteiger partial charge is 0.391 e. The third kappa shape index (κ3) is 3.23. The number of nitrogens with zero attached hydrogens (tertiary/aromatic N) is 1. The molecule has 0 radical (unpaired) electrons. The molecule has 0 amide bonds. The van der Waals surface area contributed by atoms with Crippen LogP contribution in [0.1, 0.15) is 6.92 Å². The van der Waals surface area contributed by atoms with E-state index >= 15 is 0 Å². The SMILES string of the molecule is C[C@]1(CO)OC[C@@H](C[N+](C)(C)C)O1. The van der Waals surface area contributed by atoms with Crippen LogP contribution in [-0.4, -0.2) is 62.4 Å². The summed E-state index contributed by atoms with van der Waals surface area (Å²) in [5.41, 5.74) is 0. The number of rotatable bonds is 3. The van der Waals surface area contributed by atoms with E-state index in [1.165, 1.54) is 0 Å². The fraction of sp³-hybridized carbons (Fsp3) is 1.00. The van der Waals surface area contributed by atoms with E-state index in [-0.39, 0.29) is 12.7 Å². The van der Waals surface area contributed by atoms with Gasteiger partial charge in [0.1, 0.15) is 12.6 Å². The maximum atomic E-state index is 8.99. The summed E-state index contributed by atoms with van der Waals surface area (Å²) in [6.07, 6.45) is 0.0946. The second-order valence-corrected chi connectivity index (χ2v) is 4.82. The van der Waals surface area contributed by atoms with Gasteiger partial charge >= 0.3 is 0 Å². The van der Waals surface area contributed by atoms with Crippen molar-refractivity contribution in [1.29, 1.82) is 0 Å². The van der Waals surface area contributed by atoms with Crippen molar-refractivity contribution in [2.75, 3.05) is 40.9 Å². The molecular weight excluding hydrogens is 170 g/mol. The minimum Gasteiger partial charge on any atom is -0.391 e. The van der Waals surface area contributed by atoms with E-state index in [0.29, 0.717) is 6.61 Å². The van der Waals surface area contributed by atoms with E-state index in [1.807, 2.05) is 0 Å². The predicted molar refractivity (Wildman–Crippen MR) is 49.2 cm³/mol. The van der Waals surface area contributed by atoms with Crippen molar-refractivity contribution in [2.45, 2.75) is 18.8 Å². The van der Waals surface area contributed by atoms with Gasteiger partial charge in [-0.1, -0.05) is 0 Å². The number of quaternary nitrogens is 1. The summed E-state index contributed by atoms with van der Waals surface area (Å²) in [6.45, 7) is 3.16. The molecule has 0 bridgehead atoms. The highest BCUT2D eigenvalue weighted by molar-refractivity contribution is 4.73. The lowest BCUT2D eigenvalue weighted by molar-refractivity contribution is -0.873. The second-order valence-electron chi connectivity index (χ2n) is 4.82. The van der Waals surface area contributed by atoms with Crippen LogP contribution in [0, 0.1) is 0 Å². The Labute approximate surface area is 79.6 Å². The molecule has 0 saturated carbocycles. The quantitative estimate of drug-likeness (QED) is 0.627. The van der Waals surface area contributed by atoms with Gasteiger partial charge in [-0.15, -0.1) is 0 Å². The lowest BCUT2D eigenvalue weighted by atomic mass is 10.3. The fourth-order valence-corrected chi connectivity index (χ4v) is 1.47. The summed E-state index contributed by atoms with van der Waals surface area (Å²) >= 11 is 0. The molecule has 4 heteroatoms. The highest BCUT2D eigenvalue weighted by atomic mass is 16.8. The van der Waals surface area contributed by atoms with Crippen molar-refractivity contribution in [3.8, 4) is 0 Å². The number of hydrogen-bond donors (Lipinski definition) is 1.